The third-order valence-electron chi connectivity index (χ3n) is 6.50. The van der Waals surface area contributed by atoms with Gasteiger partial charge in [0.1, 0.15) is 11.6 Å². The van der Waals surface area contributed by atoms with Crippen LogP contribution in [-0.4, -0.2) is 51.9 Å². The van der Waals surface area contributed by atoms with Gasteiger partial charge in [-0.05, 0) is 48.7 Å². The zero-order chi connectivity index (χ0) is 22.3. The number of anilines is 2. The van der Waals surface area contributed by atoms with E-state index in [1.807, 2.05) is 22.9 Å². The van der Waals surface area contributed by atoms with Crippen LogP contribution in [0.1, 0.15) is 34.8 Å². The van der Waals surface area contributed by atoms with E-state index in [1.54, 1.807) is 36.8 Å². The quantitative estimate of drug-likeness (QED) is 0.682. The summed E-state index contributed by atoms with van der Waals surface area (Å²) in [5.41, 5.74) is 2.18. The van der Waals surface area contributed by atoms with Crippen molar-refractivity contribution in [1.82, 2.24) is 19.9 Å². The maximum Gasteiger partial charge on any atom is 0.255 e. The van der Waals surface area contributed by atoms with E-state index in [0.29, 0.717) is 31.0 Å². The van der Waals surface area contributed by atoms with Gasteiger partial charge in [-0.2, -0.15) is 0 Å². The largest absolute Gasteiger partial charge is 0.360 e. The summed E-state index contributed by atoms with van der Waals surface area (Å²) in [6.45, 7) is 3.37. The number of benzene rings is 1. The first-order valence-electron chi connectivity index (χ1n) is 10.8. The Labute approximate surface area is 186 Å². The van der Waals surface area contributed by atoms with Crippen molar-refractivity contribution in [1.29, 1.82) is 0 Å². The van der Waals surface area contributed by atoms with Crippen molar-refractivity contribution in [3.05, 3.63) is 77.5 Å². The van der Waals surface area contributed by atoms with Gasteiger partial charge in [0.05, 0.1) is 17.1 Å². The predicted octanol–water partition coefficient (Wildman–Crippen LogP) is 3.25. The Hall–Kier alpha value is -3.55. The van der Waals surface area contributed by atoms with Gasteiger partial charge < -0.3 is 15.1 Å². The van der Waals surface area contributed by atoms with Crippen LogP contribution in [0.3, 0.4) is 0 Å². The Balaban J connectivity index is 1.29. The van der Waals surface area contributed by atoms with Crippen molar-refractivity contribution in [3.63, 3.8) is 0 Å². The Morgan fingerprint density at radius 1 is 1.22 bits per heavy atom. The van der Waals surface area contributed by atoms with E-state index in [1.165, 1.54) is 12.1 Å². The van der Waals surface area contributed by atoms with Gasteiger partial charge in [0.15, 0.2) is 0 Å². The molecule has 0 bridgehead atoms. The number of carbonyl (C=O) groups excluding carboxylic acids is 1. The summed E-state index contributed by atoms with van der Waals surface area (Å²) in [6.07, 6.45) is 6.63. The molecule has 2 aromatic heterocycles. The number of amides is 1. The number of nitrogens with one attached hydrogen (secondary N) is 1. The number of fused-ring (bicyclic) bond motifs is 1. The standard InChI is InChI=1S/C24H25FN6O/c1-24(18-4-6-19(25)7-5-18)13-16-12-17(14-28-21(16)29-24)22(32)31-11-8-20(15-31)30(2)23-26-9-3-10-27-23/h3-7,9-10,12,14,20H,8,11,13,15H2,1-2H3,(H,28,29)/t20-,24+/m0/s1. The maximum atomic E-state index is 13.3. The molecule has 0 aliphatic carbocycles. The summed E-state index contributed by atoms with van der Waals surface area (Å²) in [5.74, 6) is 1.17. The van der Waals surface area contributed by atoms with Gasteiger partial charge >= 0.3 is 0 Å². The molecule has 7 nitrogen and oxygen atoms in total. The first-order chi connectivity index (χ1) is 15.4. The fraction of sp³-hybridized carbons (Fsp3) is 0.333. The molecule has 3 aromatic rings. The molecule has 2 aliphatic heterocycles. The van der Waals surface area contributed by atoms with Crippen LogP contribution in [-0.2, 0) is 12.0 Å². The monoisotopic (exact) mass is 432 g/mol. The van der Waals surface area contributed by atoms with Gasteiger partial charge in [-0.25, -0.2) is 19.3 Å². The second kappa shape index (κ2) is 7.85. The van der Waals surface area contributed by atoms with E-state index in [2.05, 4.69) is 27.2 Å². The second-order valence-electron chi connectivity index (χ2n) is 8.73. The third kappa shape index (κ3) is 3.66. The lowest BCUT2D eigenvalue weighted by Gasteiger charge is -2.25. The molecule has 1 aromatic carbocycles. The molecule has 0 spiro atoms. The van der Waals surface area contributed by atoms with Crippen molar-refractivity contribution < 1.29 is 9.18 Å². The number of likely N-dealkylation sites (tertiary alicyclic amines) is 1. The first-order valence-corrected chi connectivity index (χ1v) is 10.8. The van der Waals surface area contributed by atoms with Crippen LogP contribution < -0.4 is 10.2 Å². The van der Waals surface area contributed by atoms with Crippen LogP contribution in [0.2, 0.25) is 0 Å². The number of rotatable bonds is 4. The fourth-order valence-electron chi connectivity index (χ4n) is 4.61. The van der Waals surface area contributed by atoms with E-state index >= 15 is 0 Å². The van der Waals surface area contributed by atoms with Crippen molar-refractivity contribution in [3.8, 4) is 0 Å². The molecule has 0 saturated carbocycles. The van der Waals surface area contributed by atoms with Crippen LogP contribution in [0.15, 0.2) is 55.0 Å². The zero-order valence-electron chi connectivity index (χ0n) is 18.1. The molecule has 5 rings (SSSR count). The highest BCUT2D eigenvalue weighted by Gasteiger charge is 2.36. The molecule has 1 N–H and O–H groups in total. The number of aromatic nitrogens is 3. The van der Waals surface area contributed by atoms with Gasteiger partial charge in [-0.15, -0.1) is 0 Å². The number of carbonyl (C=O) groups is 1. The average molecular weight is 433 g/mol. The molecule has 1 fully saturated rings. The molecule has 2 aliphatic rings. The minimum Gasteiger partial charge on any atom is -0.360 e. The first kappa shape index (κ1) is 20.4. The normalized spacial score (nSPS) is 21.8. The number of hydrogen-bond acceptors (Lipinski definition) is 6. The van der Waals surface area contributed by atoms with Crippen molar-refractivity contribution in [2.75, 3.05) is 30.4 Å². The smallest absolute Gasteiger partial charge is 0.255 e. The minimum atomic E-state index is -0.387. The van der Waals surface area contributed by atoms with E-state index in [4.69, 9.17) is 0 Å². The highest BCUT2D eigenvalue weighted by Crippen LogP contribution is 2.38. The molecule has 164 valence electrons. The van der Waals surface area contributed by atoms with Gasteiger partial charge in [0, 0.05) is 45.1 Å². The summed E-state index contributed by atoms with van der Waals surface area (Å²) in [5, 5.41) is 3.44. The van der Waals surface area contributed by atoms with Gasteiger partial charge in [0.25, 0.3) is 5.91 Å². The topological polar surface area (TPSA) is 74.2 Å². The van der Waals surface area contributed by atoms with E-state index in [9.17, 15) is 9.18 Å². The second-order valence-corrected chi connectivity index (χ2v) is 8.73. The third-order valence-corrected chi connectivity index (χ3v) is 6.50. The number of likely N-dealkylation sites (N-methyl/N-ethyl adjacent to an activating group) is 1. The lowest BCUT2D eigenvalue weighted by atomic mass is 9.89. The van der Waals surface area contributed by atoms with E-state index < -0.39 is 0 Å². The molecule has 0 unspecified atom stereocenters. The highest BCUT2D eigenvalue weighted by molar-refractivity contribution is 5.94. The van der Waals surface area contributed by atoms with Gasteiger partial charge in [-0.1, -0.05) is 12.1 Å². The Kier molecular flexibility index (Phi) is 5.00. The van der Waals surface area contributed by atoms with Crippen LogP contribution in [0.4, 0.5) is 16.2 Å². The summed E-state index contributed by atoms with van der Waals surface area (Å²) in [7, 11) is 1.97. The lowest BCUT2D eigenvalue weighted by Crippen LogP contribution is -2.37. The number of halogens is 1. The maximum absolute atomic E-state index is 13.3. The van der Waals surface area contributed by atoms with Crippen LogP contribution in [0.5, 0.6) is 0 Å². The van der Waals surface area contributed by atoms with E-state index in [0.717, 1.165) is 23.4 Å². The van der Waals surface area contributed by atoms with Crippen LogP contribution in [0, 0.1) is 5.82 Å². The molecular formula is C24H25FN6O. The summed E-state index contributed by atoms with van der Waals surface area (Å²) in [4.78, 5) is 30.2. The van der Waals surface area contributed by atoms with E-state index in [-0.39, 0.29) is 23.3 Å². The predicted molar refractivity (Wildman–Crippen MR) is 120 cm³/mol. The molecule has 32 heavy (non-hydrogen) atoms. The van der Waals surface area contributed by atoms with Gasteiger partial charge in [0.2, 0.25) is 5.95 Å². The van der Waals surface area contributed by atoms with Crippen LogP contribution in [0.25, 0.3) is 0 Å². The number of hydrogen-bond donors (Lipinski definition) is 1. The summed E-state index contributed by atoms with van der Waals surface area (Å²) in [6, 6.07) is 10.4. The molecule has 2 atom stereocenters. The lowest BCUT2D eigenvalue weighted by molar-refractivity contribution is 0.0790. The average Bonchev–Trinajstić information content (AvgIpc) is 3.43. The Bertz CT molecular complexity index is 1140. The SMILES string of the molecule is CN(c1ncccn1)[C@H]1CCN(C(=O)c2cnc3c(c2)C[C@](C)(c2ccc(F)cc2)N3)C1. The Morgan fingerprint density at radius 3 is 2.72 bits per heavy atom. The zero-order valence-corrected chi connectivity index (χ0v) is 18.1. The Morgan fingerprint density at radius 2 is 1.97 bits per heavy atom. The summed E-state index contributed by atoms with van der Waals surface area (Å²) >= 11 is 0. The molecule has 8 heteroatoms. The molecular weight excluding hydrogens is 407 g/mol. The van der Waals surface area contributed by atoms with Crippen LogP contribution >= 0.6 is 0 Å². The van der Waals surface area contributed by atoms with Crippen molar-refractivity contribution in [2.45, 2.75) is 31.3 Å². The number of nitrogens with zero attached hydrogens (tertiary/aromatic N) is 5. The van der Waals surface area contributed by atoms with Gasteiger partial charge in [-0.3, -0.25) is 4.79 Å². The summed E-state index contributed by atoms with van der Waals surface area (Å²) < 4.78 is 13.3. The fourth-order valence-corrected chi connectivity index (χ4v) is 4.61. The highest BCUT2D eigenvalue weighted by atomic mass is 19.1. The molecule has 1 saturated heterocycles. The van der Waals surface area contributed by atoms with Crippen molar-refractivity contribution >= 4 is 17.7 Å². The minimum absolute atomic E-state index is 0.0134. The number of pyridine rings is 1. The molecule has 1 amide bonds. The molecule has 4 heterocycles. The molecule has 0 radical (unpaired) electrons. The van der Waals surface area contributed by atoms with Crippen molar-refractivity contribution in [2.24, 2.45) is 0 Å².